The Balaban J connectivity index is 1.57. The van der Waals surface area contributed by atoms with Gasteiger partial charge in [0.15, 0.2) is 11.5 Å². The molecule has 3 rings (SSSR count). The van der Waals surface area contributed by atoms with Crippen LogP contribution in [0.3, 0.4) is 0 Å². The molecule has 0 saturated carbocycles. The second kappa shape index (κ2) is 6.10. The van der Waals surface area contributed by atoms with Gasteiger partial charge >= 0.3 is 0 Å². The Morgan fingerprint density at radius 2 is 1.86 bits per heavy atom. The number of carbonyl (C=O) groups is 2. The highest BCUT2D eigenvalue weighted by atomic mass is 16.7. The van der Waals surface area contributed by atoms with Crippen molar-refractivity contribution in [3.63, 3.8) is 0 Å². The Labute approximate surface area is 127 Å². The maximum Gasteiger partial charge on any atom is 0.243 e. The molecular formula is C14H18N4O4. The summed E-state index contributed by atoms with van der Waals surface area (Å²) < 4.78 is 10.7. The molecule has 3 N–H and O–H groups in total. The van der Waals surface area contributed by atoms with Gasteiger partial charge in [-0.3, -0.25) is 15.0 Å². The number of anilines is 1. The Morgan fingerprint density at radius 1 is 1.14 bits per heavy atom. The molecule has 8 heteroatoms. The number of rotatable bonds is 3. The molecule has 8 nitrogen and oxygen atoms in total. The summed E-state index contributed by atoms with van der Waals surface area (Å²) in [6, 6.07) is 5.81. The first-order chi connectivity index (χ1) is 10.7. The highest BCUT2D eigenvalue weighted by Gasteiger charge is 2.24. The van der Waals surface area contributed by atoms with Crippen LogP contribution in [0, 0.1) is 0 Å². The van der Waals surface area contributed by atoms with Crippen molar-refractivity contribution in [2.45, 2.75) is 6.42 Å². The van der Waals surface area contributed by atoms with Crippen LogP contribution in [-0.4, -0.2) is 49.7 Å². The van der Waals surface area contributed by atoms with E-state index in [4.69, 9.17) is 15.3 Å². The minimum absolute atomic E-state index is 0.201. The first-order valence-electron chi connectivity index (χ1n) is 7.09. The fraction of sp³-hybridized carbons (Fsp3) is 0.429. The van der Waals surface area contributed by atoms with Crippen molar-refractivity contribution >= 4 is 17.5 Å². The summed E-state index contributed by atoms with van der Waals surface area (Å²) in [6.07, 6.45) is -0.208. The zero-order valence-corrected chi connectivity index (χ0v) is 12.1. The van der Waals surface area contributed by atoms with Gasteiger partial charge in [-0.2, -0.15) is 0 Å². The minimum Gasteiger partial charge on any atom is -0.454 e. The maximum absolute atomic E-state index is 11.9. The Kier molecular flexibility index (Phi) is 4.01. The van der Waals surface area contributed by atoms with Crippen molar-refractivity contribution in [2.24, 2.45) is 5.84 Å². The standard InChI is InChI=1S/C14H18N4O4/c15-16-13(19)8-14(20)18-5-3-17(4-6-18)10-1-2-11-12(7-10)22-9-21-11/h1-2,7H,3-6,8-9,15H2,(H,16,19). The average Bonchev–Trinajstić information content (AvgIpc) is 3.02. The van der Waals surface area contributed by atoms with Gasteiger partial charge in [-0.1, -0.05) is 0 Å². The summed E-state index contributed by atoms with van der Waals surface area (Å²) in [6.45, 7) is 2.81. The third kappa shape index (κ3) is 2.91. The predicted molar refractivity (Wildman–Crippen MR) is 78.3 cm³/mol. The van der Waals surface area contributed by atoms with Crippen LogP contribution in [0.1, 0.15) is 6.42 Å². The van der Waals surface area contributed by atoms with E-state index < -0.39 is 5.91 Å². The van der Waals surface area contributed by atoms with E-state index in [9.17, 15) is 9.59 Å². The Bertz CT molecular complexity index is 584. The third-order valence-corrected chi connectivity index (χ3v) is 3.83. The molecule has 1 aromatic rings. The summed E-state index contributed by atoms with van der Waals surface area (Å²) in [5.41, 5.74) is 3.01. The van der Waals surface area contributed by atoms with Crippen molar-refractivity contribution in [2.75, 3.05) is 37.9 Å². The number of piperazine rings is 1. The van der Waals surface area contributed by atoms with Crippen molar-refractivity contribution < 1.29 is 19.1 Å². The molecule has 1 saturated heterocycles. The van der Waals surface area contributed by atoms with Crippen LogP contribution in [0.15, 0.2) is 18.2 Å². The SMILES string of the molecule is NNC(=O)CC(=O)N1CCN(c2ccc3c(c2)OCO3)CC1. The van der Waals surface area contributed by atoms with Crippen LogP contribution >= 0.6 is 0 Å². The molecule has 22 heavy (non-hydrogen) atoms. The van der Waals surface area contributed by atoms with E-state index >= 15 is 0 Å². The highest BCUT2D eigenvalue weighted by molar-refractivity contribution is 5.96. The Morgan fingerprint density at radius 3 is 2.59 bits per heavy atom. The highest BCUT2D eigenvalue weighted by Crippen LogP contribution is 2.35. The number of carbonyl (C=O) groups excluding carboxylic acids is 2. The van der Waals surface area contributed by atoms with Crippen molar-refractivity contribution in [3.05, 3.63) is 18.2 Å². The zero-order chi connectivity index (χ0) is 15.5. The van der Waals surface area contributed by atoms with Crippen LogP contribution in [0.5, 0.6) is 11.5 Å². The lowest BCUT2D eigenvalue weighted by molar-refractivity contribution is -0.136. The molecule has 2 amide bonds. The summed E-state index contributed by atoms with van der Waals surface area (Å²) in [4.78, 5) is 26.9. The largest absolute Gasteiger partial charge is 0.454 e. The maximum atomic E-state index is 11.9. The number of nitrogens with two attached hydrogens (primary N) is 1. The van der Waals surface area contributed by atoms with Crippen LogP contribution in [0.25, 0.3) is 0 Å². The molecule has 0 unspecified atom stereocenters. The number of hydrogen-bond acceptors (Lipinski definition) is 6. The minimum atomic E-state index is -0.469. The van der Waals surface area contributed by atoms with Crippen LogP contribution in [-0.2, 0) is 9.59 Å². The summed E-state index contributed by atoms with van der Waals surface area (Å²) >= 11 is 0. The molecule has 1 fully saturated rings. The first kappa shape index (κ1) is 14.5. The average molecular weight is 306 g/mol. The van der Waals surface area contributed by atoms with Gasteiger partial charge in [0.1, 0.15) is 6.42 Å². The van der Waals surface area contributed by atoms with Gasteiger partial charge in [-0.15, -0.1) is 0 Å². The number of benzene rings is 1. The smallest absolute Gasteiger partial charge is 0.243 e. The summed E-state index contributed by atoms with van der Waals surface area (Å²) in [7, 11) is 0. The number of ether oxygens (including phenoxy) is 2. The molecule has 2 aliphatic rings. The lowest BCUT2D eigenvalue weighted by Gasteiger charge is -2.36. The number of nitrogens with zero attached hydrogens (tertiary/aromatic N) is 2. The second-order valence-corrected chi connectivity index (χ2v) is 5.15. The summed E-state index contributed by atoms with van der Waals surface area (Å²) in [5.74, 6) is 5.82. The van der Waals surface area contributed by atoms with Gasteiger partial charge in [-0.05, 0) is 12.1 Å². The number of amides is 2. The monoisotopic (exact) mass is 306 g/mol. The fourth-order valence-electron chi connectivity index (χ4n) is 2.60. The molecule has 0 aromatic heterocycles. The molecule has 1 aromatic carbocycles. The number of nitrogens with one attached hydrogen (secondary N) is 1. The fourth-order valence-corrected chi connectivity index (χ4v) is 2.60. The van der Waals surface area contributed by atoms with Gasteiger partial charge in [0.2, 0.25) is 18.6 Å². The van der Waals surface area contributed by atoms with E-state index in [1.807, 2.05) is 23.6 Å². The van der Waals surface area contributed by atoms with Crippen LogP contribution in [0.4, 0.5) is 5.69 Å². The predicted octanol–water partition coefficient (Wildman–Crippen LogP) is -0.556. The molecule has 0 spiro atoms. The molecule has 118 valence electrons. The molecular weight excluding hydrogens is 288 g/mol. The number of hydrazine groups is 1. The lowest BCUT2D eigenvalue weighted by atomic mass is 10.2. The van der Waals surface area contributed by atoms with E-state index in [1.165, 1.54) is 0 Å². The second-order valence-electron chi connectivity index (χ2n) is 5.15. The van der Waals surface area contributed by atoms with Crippen molar-refractivity contribution in [1.82, 2.24) is 10.3 Å². The van der Waals surface area contributed by atoms with Crippen LogP contribution in [0.2, 0.25) is 0 Å². The van der Waals surface area contributed by atoms with Gasteiger partial charge in [0.25, 0.3) is 0 Å². The van der Waals surface area contributed by atoms with Crippen LogP contribution < -0.4 is 25.6 Å². The zero-order valence-electron chi connectivity index (χ0n) is 12.1. The molecule has 2 aliphatic heterocycles. The van der Waals surface area contributed by atoms with Crippen molar-refractivity contribution in [3.8, 4) is 11.5 Å². The molecule has 2 heterocycles. The molecule has 0 atom stereocenters. The van der Waals surface area contributed by atoms with E-state index in [0.29, 0.717) is 26.2 Å². The Hall–Kier alpha value is -2.48. The molecule has 0 bridgehead atoms. The number of fused-ring (bicyclic) bond motifs is 1. The van der Waals surface area contributed by atoms with Gasteiger partial charge < -0.3 is 19.3 Å². The molecule has 0 radical (unpaired) electrons. The summed E-state index contributed by atoms with van der Waals surface area (Å²) in [5, 5.41) is 0. The normalized spacial score (nSPS) is 16.6. The van der Waals surface area contributed by atoms with E-state index in [-0.39, 0.29) is 19.1 Å². The van der Waals surface area contributed by atoms with E-state index in [1.54, 1.807) is 4.90 Å². The van der Waals surface area contributed by atoms with E-state index in [0.717, 1.165) is 17.2 Å². The van der Waals surface area contributed by atoms with Crippen molar-refractivity contribution in [1.29, 1.82) is 0 Å². The topological polar surface area (TPSA) is 97.1 Å². The van der Waals surface area contributed by atoms with E-state index in [2.05, 4.69) is 4.90 Å². The van der Waals surface area contributed by atoms with Gasteiger partial charge in [0, 0.05) is 37.9 Å². The number of hydrogen-bond donors (Lipinski definition) is 2. The third-order valence-electron chi connectivity index (χ3n) is 3.83. The molecule has 0 aliphatic carbocycles. The van der Waals surface area contributed by atoms with Gasteiger partial charge in [-0.25, -0.2) is 5.84 Å². The quantitative estimate of drug-likeness (QED) is 0.336. The lowest BCUT2D eigenvalue weighted by Crippen LogP contribution is -2.49. The van der Waals surface area contributed by atoms with Gasteiger partial charge in [0.05, 0.1) is 0 Å². The first-order valence-corrected chi connectivity index (χ1v) is 7.09.